The van der Waals surface area contributed by atoms with Gasteiger partial charge in [0.1, 0.15) is 30.2 Å². The van der Waals surface area contributed by atoms with Crippen LogP contribution in [0.1, 0.15) is 19.1 Å². The van der Waals surface area contributed by atoms with Gasteiger partial charge in [-0.1, -0.05) is 0 Å². The number of imidazole rings is 1. The first-order valence-electron chi connectivity index (χ1n) is 9.37. The minimum atomic E-state index is -1.06. The number of aliphatic hydroxyl groups is 2. The molecule has 3 aliphatic heterocycles. The highest BCUT2D eigenvalue weighted by atomic mass is 16.6. The maximum Gasteiger partial charge on any atom is 0.167 e. The first-order valence-corrected chi connectivity index (χ1v) is 9.37. The number of fused-ring (bicyclic) bond motifs is 1. The summed E-state index contributed by atoms with van der Waals surface area (Å²) in [6.45, 7) is 3.70. The summed E-state index contributed by atoms with van der Waals surface area (Å²) in [6.07, 6.45) is 2.08. The van der Waals surface area contributed by atoms with Crippen LogP contribution in [0.5, 0.6) is 0 Å². The van der Waals surface area contributed by atoms with Crippen LogP contribution in [-0.2, 0) is 4.74 Å². The largest absolute Gasteiger partial charge is 0.387 e. The summed E-state index contributed by atoms with van der Waals surface area (Å²) >= 11 is 0. The summed E-state index contributed by atoms with van der Waals surface area (Å²) in [6, 6.07) is 0. The van der Waals surface area contributed by atoms with E-state index in [2.05, 4.69) is 31.8 Å². The summed E-state index contributed by atoms with van der Waals surface area (Å²) < 4.78 is 7.64. The molecule has 27 heavy (non-hydrogen) atoms. The van der Waals surface area contributed by atoms with E-state index in [9.17, 15) is 10.2 Å². The van der Waals surface area contributed by atoms with Gasteiger partial charge in [0.2, 0.25) is 0 Å². The summed E-state index contributed by atoms with van der Waals surface area (Å²) in [5, 5.41) is 21.1. The van der Waals surface area contributed by atoms with Crippen molar-refractivity contribution >= 4 is 17.0 Å². The van der Waals surface area contributed by atoms with Gasteiger partial charge in [-0.3, -0.25) is 14.4 Å². The van der Waals surface area contributed by atoms with Crippen LogP contribution in [0.3, 0.4) is 0 Å². The second kappa shape index (κ2) is 6.08. The Hall–Kier alpha value is -1.85. The molecular weight excluding hydrogens is 350 g/mol. The Morgan fingerprint density at radius 3 is 2.81 bits per heavy atom. The van der Waals surface area contributed by atoms with Crippen molar-refractivity contribution in [2.75, 3.05) is 39.0 Å². The highest BCUT2D eigenvalue weighted by molar-refractivity contribution is 5.81. The number of likely N-dealkylation sites (tertiary alicyclic amines) is 2. The van der Waals surface area contributed by atoms with Gasteiger partial charge in [0.05, 0.1) is 6.33 Å². The fourth-order valence-corrected chi connectivity index (χ4v) is 4.81. The van der Waals surface area contributed by atoms with Crippen molar-refractivity contribution in [1.29, 1.82) is 0 Å². The number of nitrogens with two attached hydrogens (primary N) is 1. The van der Waals surface area contributed by atoms with Crippen molar-refractivity contribution in [3.63, 3.8) is 0 Å². The number of nitrogen functional groups attached to an aromatic ring is 1. The Kier molecular flexibility index (Phi) is 3.89. The number of rotatable bonds is 3. The molecule has 0 radical (unpaired) electrons. The van der Waals surface area contributed by atoms with Crippen LogP contribution in [0.15, 0.2) is 12.7 Å². The third-order valence-corrected chi connectivity index (χ3v) is 6.42. The highest BCUT2D eigenvalue weighted by Gasteiger charge is 2.51. The van der Waals surface area contributed by atoms with Crippen LogP contribution in [0.2, 0.25) is 0 Å². The van der Waals surface area contributed by atoms with E-state index in [1.807, 2.05) is 0 Å². The fourth-order valence-electron chi connectivity index (χ4n) is 4.81. The average Bonchev–Trinajstić information content (AvgIpc) is 3.28. The van der Waals surface area contributed by atoms with Gasteiger partial charge in [-0.05, 0) is 26.4 Å². The lowest BCUT2D eigenvalue weighted by molar-refractivity contribution is -0.0790. The fraction of sp³-hybridized carbons (Fsp3) is 0.706. The van der Waals surface area contributed by atoms with Gasteiger partial charge in [0.25, 0.3) is 0 Å². The second-order valence-corrected chi connectivity index (χ2v) is 8.05. The number of hydrogen-bond acceptors (Lipinski definition) is 9. The van der Waals surface area contributed by atoms with Crippen LogP contribution in [0, 0.1) is 0 Å². The SMILES string of the molecule is CN1CCCC12CN(C[C@H]1O[C@@H](n3cnc4c(N)ncnc43)[C@H](O)[C@@H]1O)C2. The Labute approximate surface area is 156 Å². The van der Waals surface area contributed by atoms with Crippen molar-refractivity contribution in [2.24, 2.45) is 0 Å². The van der Waals surface area contributed by atoms with E-state index < -0.39 is 24.5 Å². The Bertz CT molecular complexity index is 852. The topological polar surface area (TPSA) is 126 Å². The number of aliphatic hydroxyl groups excluding tert-OH is 2. The minimum absolute atomic E-state index is 0.273. The summed E-state index contributed by atoms with van der Waals surface area (Å²) in [5.41, 5.74) is 7.05. The lowest BCUT2D eigenvalue weighted by Gasteiger charge is -2.52. The predicted octanol–water partition coefficient (Wildman–Crippen LogP) is -1.19. The number of likely N-dealkylation sites (N-methyl/N-ethyl adjacent to an activating group) is 1. The molecule has 10 heteroatoms. The van der Waals surface area contributed by atoms with Gasteiger partial charge >= 0.3 is 0 Å². The molecule has 146 valence electrons. The van der Waals surface area contributed by atoms with Crippen LogP contribution < -0.4 is 5.73 Å². The van der Waals surface area contributed by atoms with Crippen molar-refractivity contribution in [1.82, 2.24) is 29.3 Å². The standard InChI is InChI=1S/C17H25N7O3/c1-22-4-2-3-17(22)6-23(7-17)5-10-12(25)13(26)16(27-10)24-9-21-11-14(18)19-8-20-15(11)24/h8-10,12-13,16,25-26H,2-7H2,1H3,(H2,18,19,20)/t10-,12-,13-,16-/m1/s1. The predicted molar refractivity (Wildman–Crippen MR) is 96.7 cm³/mol. The monoisotopic (exact) mass is 375 g/mol. The number of ether oxygens (including phenoxy) is 1. The Morgan fingerprint density at radius 1 is 1.26 bits per heavy atom. The molecule has 0 bridgehead atoms. The third-order valence-electron chi connectivity index (χ3n) is 6.42. The molecule has 5 heterocycles. The molecule has 0 aliphatic carbocycles. The molecule has 2 aromatic rings. The zero-order valence-electron chi connectivity index (χ0n) is 15.3. The summed E-state index contributed by atoms with van der Waals surface area (Å²) in [7, 11) is 2.18. The van der Waals surface area contributed by atoms with Gasteiger partial charge in [-0.15, -0.1) is 0 Å². The van der Waals surface area contributed by atoms with Crippen LogP contribution in [0.25, 0.3) is 11.2 Å². The molecular formula is C17H25N7O3. The molecule has 4 atom stereocenters. The van der Waals surface area contributed by atoms with Crippen LogP contribution in [0.4, 0.5) is 5.82 Å². The summed E-state index contributed by atoms with van der Waals surface area (Å²) in [4.78, 5) is 17.1. The van der Waals surface area contributed by atoms with Crippen molar-refractivity contribution < 1.29 is 14.9 Å². The first kappa shape index (κ1) is 17.3. The number of nitrogens with zero attached hydrogens (tertiary/aromatic N) is 6. The zero-order valence-corrected chi connectivity index (χ0v) is 15.3. The van der Waals surface area contributed by atoms with E-state index in [0.717, 1.165) is 19.6 Å². The molecule has 5 rings (SSSR count). The van der Waals surface area contributed by atoms with E-state index in [1.165, 1.54) is 25.5 Å². The quantitative estimate of drug-likeness (QED) is 0.607. The lowest BCUT2D eigenvalue weighted by Crippen LogP contribution is -2.68. The molecule has 3 fully saturated rings. The molecule has 4 N–H and O–H groups in total. The van der Waals surface area contributed by atoms with E-state index in [0.29, 0.717) is 17.7 Å². The minimum Gasteiger partial charge on any atom is -0.387 e. The van der Waals surface area contributed by atoms with E-state index in [4.69, 9.17) is 10.5 Å². The average molecular weight is 375 g/mol. The Balaban J connectivity index is 1.30. The molecule has 0 amide bonds. The molecule has 10 nitrogen and oxygen atoms in total. The van der Waals surface area contributed by atoms with E-state index in [-0.39, 0.29) is 11.4 Å². The summed E-state index contributed by atoms with van der Waals surface area (Å²) in [5.74, 6) is 0.273. The van der Waals surface area contributed by atoms with Gasteiger partial charge in [-0.25, -0.2) is 15.0 Å². The van der Waals surface area contributed by atoms with Gasteiger partial charge in [0.15, 0.2) is 17.7 Å². The maximum absolute atomic E-state index is 10.6. The van der Waals surface area contributed by atoms with Gasteiger partial charge in [0, 0.05) is 25.2 Å². The van der Waals surface area contributed by atoms with Crippen molar-refractivity contribution in [3.05, 3.63) is 12.7 Å². The van der Waals surface area contributed by atoms with E-state index >= 15 is 0 Å². The first-order chi connectivity index (χ1) is 13.0. The molecule has 3 saturated heterocycles. The normalized spacial score (nSPS) is 33.9. The van der Waals surface area contributed by atoms with Gasteiger partial charge in [-0.2, -0.15) is 0 Å². The molecule has 3 aliphatic rings. The lowest BCUT2D eigenvalue weighted by atomic mass is 9.86. The van der Waals surface area contributed by atoms with E-state index in [1.54, 1.807) is 4.57 Å². The number of hydrogen-bond donors (Lipinski definition) is 3. The smallest absolute Gasteiger partial charge is 0.167 e. The van der Waals surface area contributed by atoms with Crippen LogP contribution >= 0.6 is 0 Å². The van der Waals surface area contributed by atoms with Crippen molar-refractivity contribution in [3.8, 4) is 0 Å². The van der Waals surface area contributed by atoms with Gasteiger partial charge < -0.3 is 20.7 Å². The third kappa shape index (κ3) is 2.55. The molecule has 1 spiro atoms. The molecule has 0 unspecified atom stereocenters. The number of anilines is 1. The zero-order chi connectivity index (χ0) is 18.8. The number of aromatic nitrogens is 4. The molecule has 2 aromatic heterocycles. The highest BCUT2D eigenvalue weighted by Crippen LogP contribution is 2.38. The Morgan fingerprint density at radius 2 is 2.07 bits per heavy atom. The van der Waals surface area contributed by atoms with Crippen molar-refractivity contribution in [2.45, 2.75) is 42.9 Å². The maximum atomic E-state index is 10.6. The second-order valence-electron chi connectivity index (χ2n) is 8.05. The molecule has 0 aromatic carbocycles. The van der Waals surface area contributed by atoms with Crippen LogP contribution in [-0.4, -0.2) is 96.6 Å². The molecule has 0 saturated carbocycles.